The van der Waals surface area contributed by atoms with Crippen LogP contribution in [0.4, 0.5) is 4.39 Å². The molecule has 10 heteroatoms. The lowest BCUT2D eigenvalue weighted by Crippen LogP contribution is -2.51. The molecule has 35 heavy (non-hydrogen) atoms. The summed E-state index contributed by atoms with van der Waals surface area (Å²) in [6.45, 7) is -0.174. The van der Waals surface area contributed by atoms with Gasteiger partial charge in [0.25, 0.3) is 0 Å². The van der Waals surface area contributed by atoms with Crippen molar-refractivity contribution < 1.29 is 22.4 Å². The Morgan fingerprint density at radius 2 is 1.74 bits per heavy atom. The van der Waals surface area contributed by atoms with Crippen LogP contribution in [-0.2, 0) is 24.8 Å². The minimum atomic E-state index is -3.95. The quantitative estimate of drug-likeness (QED) is 0.636. The fraction of sp³-hybridized carbons (Fsp3) is 0.400. The zero-order chi connectivity index (χ0) is 25.0. The number of sulfone groups is 1. The Balaban J connectivity index is 1.48. The number of nitrogens with one attached hydrogen (secondary N) is 1. The van der Waals surface area contributed by atoms with Crippen LogP contribution >= 0.6 is 11.6 Å². The van der Waals surface area contributed by atoms with Gasteiger partial charge in [-0.3, -0.25) is 9.59 Å². The van der Waals surface area contributed by atoms with Crippen LogP contribution in [0.25, 0.3) is 0 Å². The highest BCUT2D eigenvalue weighted by Crippen LogP contribution is 2.51. The van der Waals surface area contributed by atoms with Crippen LogP contribution < -0.4 is 5.32 Å². The third-order valence-corrected chi connectivity index (χ3v) is 9.92. The molecule has 2 atom stereocenters. The molecule has 2 amide bonds. The maximum absolute atomic E-state index is 13.8. The van der Waals surface area contributed by atoms with Crippen LogP contribution in [-0.4, -0.2) is 48.5 Å². The van der Waals surface area contributed by atoms with Crippen molar-refractivity contribution in [3.8, 4) is 6.07 Å². The van der Waals surface area contributed by atoms with E-state index in [0.29, 0.717) is 31.2 Å². The standard InChI is InChI=1S/C25H23ClFN3O4S/c26-19-3-1-2-4-21(19)35(33,34)18-13-20(22(31)29-24(15-28)9-10-24)30(14-18)23(32)25(11-12-25)16-5-7-17(27)8-6-16/h1-8,18,20H,9-14H2,(H,29,31)/t18-,20+/m1/s1. The molecule has 1 aliphatic heterocycles. The third kappa shape index (κ3) is 4.09. The number of carbonyl (C=O) groups excluding carboxylic acids is 2. The molecule has 2 aliphatic carbocycles. The largest absolute Gasteiger partial charge is 0.336 e. The van der Waals surface area contributed by atoms with Crippen molar-refractivity contribution in [2.45, 2.75) is 59.2 Å². The summed E-state index contributed by atoms with van der Waals surface area (Å²) >= 11 is 6.17. The first-order chi connectivity index (χ1) is 16.6. The Morgan fingerprint density at radius 3 is 2.31 bits per heavy atom. The van der Waals surface area contributed by atoms with Gasteiger partial charge in [0.1, 0.15) is 17.4 Å². The van der Waals surface area contributed by atoms with Gasteiger partial charge in [-0.1, -0.05) is 35.9 Å². The Morgan fingerprint density at radius 1 is 1.09 bits per heavy atom. The number of carbonyl (C=O) groups is 2. The zero-order valence-electron chi connectivity index (χ0n) is 18.7. The summed E-state index contributed by atoms with van der Waals surface area (Å²) < 4.78 is 40.4. The van der Waals surface area contributed by atoms with Gasteiger partial charge in [0, 0.05) is 6.54 Å². The van der Waals surface area contributed by atoms with Gasteiger partial charge in [0.05, 0.1) is 26.7 Å². The van der Waals surface area contributed by atoms with Gasteiger partial charge in [-0.2, -0.15) is 5.26 Å². The molecule has 3 fully saturated rings. The zero-order valence-corrected chi connectivity index (χ0v) is 20.3. The number of hydrogen-bond donors (Lipinski definition) is 1. The van der Waals surface area contributed by atoms with Crippen LogP contribution in [0, 0.1) is 17.1 Å². The van der Waals surface area contributed by atoms with Crippen molar-refractivity contribution in [2.24, 2.45) is 0 Å². The SMILES string of the molecule is N#CC1(NC(=O)[C@@H]2C[C@@H](S(=O)(=O)c3ccccc3Cl)CN2C(=O)C2(c3ccc(F)cc3)CC2)CC1. The van der Waals surface area contributed by atoms with Gasteiger partial charge in [-0.15, -0.1) is 0 Å². The summed E-state index contributed by atoms with van der Waals surface area (Å²) in [5.41, 5.74) is -1.24. The Hall–Kier alpha value is -2.96. The summed E-state index contributed by atoms with van der Waals surface area (Å²) in [4.78, 5) is 28.4. The molecule has 2 aromatic carbocycles. The third-order valence-electron chi connectivity index (χ3n) is 7.29. The van der Waals surface area contributed by atoms with E-state index in [9.17, 15) is 27.7 Å². The van der Waals surface area contributed by atoms with Crippen LogP contribution in [0.3, 0.4) is 0 Å². The molecule has 2 saturated carbocycles. The normalized spacial score (nSPS) is 23.9. The van der Waals surface area contributed by atoms with Gasteiger partial charge in [0.2, 0.25) is 11.8 Å². The van der Waals surface area contributed by atoms with Crippen molar-refractivity contribution >= 4 is 33.3 Å². The summed E-state index contributed by atoms with van der Waals surface area (Å²) in [6.07, 6.45) is 1.96. The highest BCUT2D eigenvalue weighted by Gasteiger charge is 2.58. The van der Waals surface area contributed by atoms with E-state index in [0.717, 1.165) is 0 Å². The first-order valence-corrected chi connectivity index (χ1v) is 13.3. The Bertz CT molecular complexity index is 1350. The number of rotatable bonds is 6. The summed E-state index contributed by atoms with van der Waals surface area (Å²) in [5, 5.41) is 11.2. The molecule has 0 bridgehead atoms. The van der Waals surface area contributed by atoms with Crippen LogP contribution in [0.1, 0.15) is 37.7 Å². The van der Waals surface area contributed by atoms with Gasteiger partial charge < -0.3 is 10.2 Å². The lowest BCUT2D eigenvalue weighted by molar-refractivity contribution is -0.140. The second-order valence-corrected chi connectivity index (χ2v) is 12.2. The molecule has 0 unspecified atom stereocenters. The number of nitrogens with zero attached hydrogens (tertiary/aromatic N) is 2. The first kappa shape index (κ1) is 23.8. The fourth-order valence-corrected chi connectivity index (χ4v) is 7.07. The van der Waals surface area contributed by atoms with Crippen molar-refractivity contribution in [2.75, 3.05) is 6.54 Å². The molecule has 0 aromatic heterocycles. The summed E-state index contributed by atoms with van der Waals surface area (Å²) in [6, 6.07) is 12.8. The van der Waals surface area contributed by atoms with Crippen LogP contribution in [0.15, 0.2) is 53.4 Å². The van der Waals surface area contributed by atoms with E-state index in [4.69, 9.17) is 11.6 Å². The molecule has 2 aromatic rings. The second kappa shape index (κ2) is 8.32. The average molecular weight is 516 g/mol. The van der Waals surface area contributed by atoms with Crippen molar-refractivity contribution in [3.05, 3.63) is 64.9 Å². The maximum Gasteiger partial charge on any atom is 0.244 e. The van der Waals surface area contributed by atoms with Gasteiger partial charge >= 0.3 is 0 Å². The van der Waals surface area contributed by atoms with Gasteiger partial charge in [-0.25, -0.2) is 12.8 Å². The average Bonchev–Trinajstić information content (AvgIpc) is 3.76. The summed E-state index contributed by atoms with van der Waals surface area (Å²) in [5.74, 6) is -1.32. The predicted molar refractivity (Wildman–Crippen MR) is 126 cm³/mol. The van der Waals surface area contributed by atoms with E-state index < -0.39 is 43.8 Å². The highest BCUT2D eigenvalue weighted by molar-refractivity contribution is 7.92. The molecular formula is C25H23ClFN3O4S. The minimum Gasteiger partial charge on any atom is -0.336 e. The highest BCUT2D eigenvalue weighted by atomic mass is 35.5. The number of amides is 2. The van der Waals surface area contributed by atoms with Crippen molar-refractivity contribution in [1.82, 2.24) is 10.2 Å². The monoisotopic (exact) mass is 515 g/mol. The molecule has 1 heterocycles. The van der Waals surface area contributed by atoms with E-state index in [1.807, 2.05) is 0 Å². The number of nitriles is 1. The number of hydrogen-bond acceptors (Lipinski definition) is 5. The molecule has 1 N–H and O–H groups in total. The smallest absolute Gasteiger partial charge is 0.244 e. The predicted octanol–water partition coefficient (Wildman–Crippen LogP) is 3.13. The summed E-state index contributed by atoms with van der Waals surface area (Å²) in [7, 11) is -3.95. The second-order valence-electron chi connectivity index (χ2n) is 9.58. The van der Waals surface area contributed by atoms with E-state index in [2.05, 4.69) is 11.4 Å². The first-order valence-electron chi connectivity index (χ1n) is 11.4. The molecule has 0 spiro atoms. The maximum atomic E-state index is 13.8. The van der Waals surface area contributed by atoms with Crippen molar-refractivity contribution in [1.29, 1.82) is 5.26 Å². The number of benzene rings is 2. The van der Waals surface area contributed by atoms with Gasteiger partial charge in [0.15, 0.2) is 9.84 Å². The van der Waals surface area contributed by atoms with Crippen LogP contribution in [0.2, 0.25) is 5.02 Å². The molecule has 3 aliphatic rings. The lowest BCUT2D eigenvalue weighted by Gasteiger charge is -2.29. The molecule has 7 nitrogen and oxygen atoms in total. The topological polar surface area (TPSA) is 107 Å². The number of halogens is 2. The molecule has 182 valence electrons. The number of likely N-dealkylation sites (tertiary alicyclic amines) is 1. The van der Waals surface area contributed by atoms with E-state index in [1.165, 1.54) is 29.2 Å². The van der Waals surface area contributed by atoms with E-state index >= 15 is 0 Å². The Kier molecular flexibility index (Phi) is 5.65. The lowest BCUT2D eigenvalue weighted by atomic mass is 9.94. The molecule has 5 rings (SSSR count). The molecule has 1 saturated heterocycles. The van der Waals surface area contributed by atoms with E-state index in [-0.39, 0.29) is 28.8 Å². The Labute approximate surface area is 207 Å². The molecule has 0 radical (unpaired) electrons. The van der Waals surface area contributed by atoms with Gasteiger partial charge in [-0.05, 0) is 61.9 Å². The fourth-order valence-electron chi connectivity index (χ4n) is 4.85. The van der Waals surface area contributed by atoms with Crippen LogP contribution in [0.5, 0.6) is 0 Å². The minimum absolute atomic E-state index is 0.0459. The van der Waals surface area contributed by atoms with Crippen molar-refractivity contribution in [3.63, 3.8) is 0 Å². The molecular weight excluding hydrogens is 493 g/mol. The van der Waals surface area contributed by atoms with E-state index in [1.54, 1.807) is 24.3 Å².